The van der Waals surface area contributed by atoms with Gasteiger partial charge < -0.3 is 25.2 Å². The van der Waals surface area contributed by atoms with Crippen LogP contribution >= 0.6 is 0 Å². The van der Waals surface area contributed by atoms with Crippen molar-refractivity contribution in [1.82, 2.24) is 9.97 Å². The maximum Gasteiger partial charge on any atom is 0.231 e. The van der Waals surface area contributed by atoms with Crippen molar-refractivity contribution in [3.8, 4) is 11.5 Å². The van der Waals surface area contributed by atoms with E-state index in [9.17, 15) is 5.11 Å². The molecule has 0 radical (unpaired) electrons. The first kappa shape index (κ1) is 15.2. The molecule has 3 aromatic rings. The van der Waals surface area contributed by atoms with E-state index in [0.29, 0.717) is 23.3 Å². The third kappa shape index (κ3) is 3.31. The molecule has 0 bridgehead atoms. The van der Waals surface area contributed by atoms with E-state index >= 15 is 0 Å². The molecular formula is C18H16N4O3. The van der Waals surface area contributed by atoms with Gasteiger partial charge in [0.2, 0.25) is 12.7 Å². The molecule has 1 aliphatic heterocycles. The molecule has 25 heavy (non-hydrogen) atoms. The molecule has 1 aliphatic rings. The van der Waals surface area contributed by atoms with Gasteiger partial charge in [0, 0.05) is 11.9 Å². The lowest BCUT2D eigenvalue weighted by molar-refractivity contribution is 0.174. The molecule has 2 heterocycles. The second-order valence-corrected chi connectivity index (χ2v) is 5.41. The maximum absolute atomic E-state index is 9.22. The average molecular weight is 336 g/mol. The summed E-state index contributed by atoms with van der Waals surface area (Å²) in [6, 6.07) is 14.8. The van der Waals surface area contributed by atoms with Crippen LogP contribution in [0.3, 0.4) is 0 Å². The van der Waals surface area contributed by atoms with Gasteiger partial charge in [-0.2, -0.15) is 4.98 Å². The van der Waals surface area contributed by atoms with E-state index in [1.54, 1.807) is 12.3 Å². The summed E-state index contributed by atoms with van der Waals surface area (Å²) in [5.74, 6) is 2.45. The molecule has 0 unspecified atom stereocenters. The minimum Gasteiger partial charge on any atom is -0.454 e. The molecule has 0 aliphatic carbocycles. The molecule has 0 fully saturated rings. The van der Waals surface area contributed by atoms with E-state index in [-0.39, 0.29) is 13.4 Å². The molecule has 4 rings (SSSR count). The van der Waals surface area contributed by atoms with Crippen LogP contribution in [0.15, 0.2) is 54.7 Å². The van der Waals surface area contributed by atoms with E-state index < -0.39 is 0 Å². The van der Waals surface area contributed by atoms with Gasteiger partial charge in [0.15, 0.2) is 11.5 Å². The average Bonchev–Trinajstić information content (AvgIpc) is 3.12. The molecule has 126 valence electrons. The summed E-state index contributed by atoms with van der Waals surface area (Å²) in [6.07, 6.45) is 1.66. The number of nitrogens with one attached hydrogen (secondary N) is 2. The van der Waals surface area contributed by atoms with Crippen LogP contribution in [-0.4, -0.2) is 21.9 Å². The van der Waals surface area contributed by atoms with E-state index in [1.807, 2.05) is 42.5 Å². The van der Waals surface area contributed by atoms with Crippen LogP contribution in [0.2, 0.25) is 0 Å². The van der Waals surface area contributed by atoms with Gasteiger partial charge in [0.1, 0.15) is 5.82 Å². The molecule has 3 N–H and O–H groups in total. The van der Waals surface area contributed by atoms with Crippen molar-refractivity contribution < 1.29 is 14.6 Å². The maximum atomic E-state index is 9.22. The molecule has 7 nitrogen and oxygen atoms in total. The zero-order chi connectivity index (χ0) is 17.1. The largest absolute Gasteiger partial charge is 0.454 e. The van der Waals surface area contributed by atoms with Crippen LogP contribution in [0.4, 0.5) is 23.1 Å². The van der Waals surface area contributed by atoms with Gasteiger partial charge in [-0.15, -0.1) is 0 Å². The molecule has 0 spiro atoms. The highest BCUT2D eigenvalue weighted by Gasteiger charge is 2.17. The first-order valence-electron chi connectivity index (χ1n) is 7.77. The van der Waals surface area contributed by atoms with Gasteiger partial charge in [0.05, 0.1) is 12.3 Å². The minimum absolute atomic E-state index is 0.0147. The standard InChI is InChI=1S/C18H16N4O3/c23-10-12-3-1-4-13(9-12)20-18-19-8-7-16(22-18)21-14-5-2-6-15-17(14)25-11-24-15/h1-9,23H,10-11H2,(H2,19,20,21,22). The van der Waals surface area contributed by atoms with Crippen molar-refractivity contribution in [3.05, 3.63) is 60.3 Å². The first-order chi connectivity index (χ1) is 12.3. The fraction of sp³-hybridized carbons (Fsp3) is 0.111. The fourth-order valence-corrected chi connectivity index (χ4v) is 2.53. The number of rotatable bonds is 5. The zero-order valence-corrected chi connectivity index (χ0v) is 13.3. The summed E-state index contributed by atoms with van der Waals surface area (Å²) in [4.78, 5) is 8.68. The highest BCUT2D eigenvalue weighted by atomic mass is 16.7. The van der Waals surface area contributed by atoms with Gasteiger partial charge in [-0.1, -0.05) is 18.2 Å². The summed E-state index contributed by atoms with van der Waals surface area (Å²) in [5.41, 5.74) is 2.40. The third-order valence-corrected chi connectivity index (χ3v) is 3.68. The Morgan fingerprint density at radius 2 is 1.96 bits per heavy atom. The monoisotopic (exact) mass is 336 g/mol. The number of aliphatic hydroxyl groups is 1. The van der Waals surface area contributed by atoms with Crippen molar-refractivity contribution in [2.75, 3.05) is 17.4 Å². The first-order valence-corrected chi connectivity index (χ1v) is 7.77. The number of hydrogen-bond donors (Lipinski definition) is 3. The van der Waals surface area contributed by atoms with Crippen LogP contribution in [0.1, 0.15) is 5.56 Å². The van der Waals surface area contributed by atoms with E-state index in [0.717, 1.165) is 16.9 Å². The number of anilines is 4. The number of benzene rings is 2. The Hall–Kier alpha value is -3.32. The predicted molar refractivity (Wildman–Crippen MR) is 93.5 cm³/mol. The summed E-state index contributed by atoms with van der Waals surface area (Å²) >= 11 is 0. The van der Waals surface area contributed by atoms with Crippen molar-refractivity contribution in [2.45, 2.75) is 6.61 Å². The van der Waals surface area contributed by atoms with Crippen LogP contribution in [-0.2, 0) is 6.61 Å². The van der Waals surface area contributed by atoms with Crippen molar-refractivity contribution in [1.29, 1.82) is 0 Å². The molecule has 0 saturated carbocycles. The second kappa shape index (κ2) is 6.66. The quantitative estimate of drug-likeness (QED) is 0.659. The molecule has 0 saturated heterocycles. The van der Waals surface area contributed by atoms with Crippen molar-refractivity contribution >= 4 is 23.1 Å². The fourth-order valence-electron chi connectivity index (χ4n) is 2.53. The van der Waals surface area contributed by atoms with Gasteiger partial charge >= 0.3 is 0 Å². The molecule has 7 heteroatoms. The van der Waals surface area contributed by atoms with Crippen molar-refractivity contribution in [2.24, 2.45) is 0 Å². The topological polar surface area (TPSA) is 88.5 Å². The third-order valence-electron chi connectivity index (χ3n) is 3.68. The molecule has 2 aromatic carbocycles. The second-order valence-electron chi connectivity index (χ2n) is 5.41. The Labute approximate surface area is 144 Å². The Morgan fingerprint density at radius 3 is 2.88 bits per heavy atom. The Bertz CT molecular complexity index is 901. The highest BCUT2D eigenvalue weighted by Crippen LogP contribution is 2.39. The summed E-state index contributed by atoms with van der Waals surface area (Å²) in [7, 11) is 0. The van der Waals surface area contributed by atoms with Gasteiger partial charge in [-0.3, -0.25) is 0 Å². The van der Waals surface area contributed by atoms with E-state index in [2.05, 4.69) is 20.6 Å². The number of nitrogens with zero attached hydrogens (tertiary/aromatic N) is 2. The van der Waals surface area contributed by atoms with E-state index in [4.69, 9.17) is 9.47 Å². The summed E-state index contributed by atoms with van der Waals surface area (Å²) in [6.45, 7) is 0.199. The predicted octanol–water partition coefficient (Wildman–Crippen LogP) is 3.18. The number of aliphatic hydroxyl groups excluding tert-OH is 1. The van der Waals surface area contributed by atoms with Crippen LogP contribution in [0.5, 0.6) is 11.5 Å². The van der Waals surface area contributed by atoms with Crippen LogP contribution in [0.25, 0.3) is 0 Å². The summed E-state index contributed by atoms with van der Waals surface area (Å²) < 4.78 is 10.9. The van der Waals surface area contributed by atoms with Crippen LogP contribution < -0.4 is 20.1 Å². The van der Waals surface area contributed by atoms with Gasteiger partial charge in [0.25, 0.3) is 0 Å². The van der Waals surface area contributed by atoms with E-state index in [1.165, 1.54) is 0 Å². The number of hydrogen-bond acceptors (Lipinski definition) is 7. The van der Waals surface area contributed by atoms with Crippen LogP contribution in [0, 0.1) is 0 Å². The summed E-state index contributed by atoms with van der Waals surface area (Å²) in [5, 5.41) is 15.6. The SMILES string of the molecule is OCc1cccc(Nc2nccc(Nc3cccc4c3OCO4)n2)c1. The number of para-hydroxylation sites is 1. The molecule has 1 aromatic heterocycles. The zero-order valence-electron chi connectivity index (χ0n) is 13.3. The van der Waals surface area contributed by atoms with Gasteiger partial charge in [-0.25, -0.2) is 4.98 Å². The normalized spacial score (nSPS) is 12.0. The minimum atomic E-state index is -0.0147. The Balaban J connectivity index is 1.55. The molecular weight excluding hydrogens is 320 g/mol. The van der Waals surface area contributed by atoms with Gasteiger partial charge in [-0.05, 0) is 35.9 Å². The number of ether oxygens (including phenoxy) is 2. The lowest BCUT2D eigenvalue weighted by Gasteiger charge is -2.10. The lowest BCUT2D eigenvalue weighted by Crippen LogP contribution is -2.01. The Morgan fingerprint density at radius 1 is 1.04 bits per heavy atom. The number of fused-ring (bicyclic) bond motifs is 1. The molecule has 0 atom stereocenters. The Kier molecular flexibility index (Phi) is 4.05. The smallest absolute Gasteiger partial charge is 0.231 e. The lowest BCUT2D eigenvalue weighted by atomic mass is 10.2. The van der Waals surface area contributed by atoms with Crippen molar-refractivity contribution in [3.63, 3.8) is 0 Å². The highest BCUT2D eigenvalue weighted by molar-refractivity contribution is 5.69. The molecule has 0 amide bonds. The number of aromatic nitrogens is 2.